The summed E-state index contributed by atoms with van der Waals surface area (Å²) in [5.41, 5.74) is 0.980. The fourth-order valence-electron chi connectivity index (χ4n) is 3.31. The highest BCUT2D eigenvalue weighted by molar-refractivity contribution is 7.98. The van der Waals surface area contributed by atoms with Gasteiger partial charge in [-0.1, -0.05) is 29.8 Å². The number of rotatable bonds is 13. The Morgan fingerprint density at radius 1 is 1.06 bits per heavy atom. The Labute approximate surface area is 220 Å². The van der Waals surface area contributed by atoms with E-state index in [1.807, 2.05) is 6.92 Å². The molecule has 0 saturated heterocycles. The molecule has 0 aliphatic rings. The number of carbonyl (C=O) groups excluding carboxylic acids is 1. The first-order valence-electron chi connectivity index (χ1n) is 11.4. The van der Waals surface area contributed by atoms with Crippen LogP contribution < -0.4 is 14.4 Å². The number of sulfonamides is 1. The molecule has 0 aliphatic heterocycles. The molecule has 0 bridgehead atoms. The molecule has 0 spiro atoms. The fourth-order valence-corrected chi connectivity index (χ4v) is 5.80. The van der Waals surface area contributed by atoms with Gasteiger partial charge in [0.05, 0.1) is 17.2 Å². The van der Waals surface area contributed by atoms with Crippen molar-refractivity contribution in [3.63, 3.8) is 0 Å². The van der Waals surface area contributed by atoms with Crippen molar-refractivity contribution in [3.8, 4) is 5.75 Å². The van der Waals surface area contributed by atoms with Crippen molar-refractivity contribution < 1.29 is 22.3 Å². The molecular formula is C26H28ClFN2O4S2. The Morgan fingerprint density at radius 3 is 2.42 bits per heavy atom. The topological polar surface area (TPSA) is 75.7 Å². The summed E-state index contributed by atoms with van der Waals surface area (Å²) in [5.74, 6) is 1.21. The minimum Gasteiger partial charge on any atom is -0.494 e. The molecule has 0 unspecified atom stereocenters. The smallest absolute Gasteiger partial charge is 0.264 e. The summed E-state index contributed by atoms with van der Waals surface area (Å²) in [6, 6.07) is 19.0. The number of anilines is 1. The monoisotopic (exact) mass is 550 g/mol. The van der Waals surface area contributed by atoms with E-state index in [4.69, 9.17) is 16.3 Å². The molecule has 0 saturated carbocycles. The second-order valence-corrected chi connectivity index (χ2v) is 11.1. The van der Waals surface area contributed by atoms with Crippen LogP contribution in [0.4, 0.5) is 10.1 Å². The third-order valence-corrected chi connectivity index (χ3v) is 8.26. The largest absolute Gasteiger partial charge is 0.494 e. The average molecular weight is 551 g/mol. The number of benzene rings is 3. The summed E-state index contributed by atoms with van der Waals surface area (Å²) in [6.07, 6.45) is 0.665. The minimum absolute atomic E-state index is 0.0260. The Kier molecular flexibility index (Phi) is 10.5. The first-order valence-corrected chi connectivity index (χ1v) is 14.4. The number of halogens is 2. The van der Waals surface area contributed by atoms with E-state index >= 15 is 0 Å². The van der Waals surface area contributed by atoms with Gasteiger partial charge >= 0.3 is 0 Å². The Bertz CT molecular complexity index is 1240. The highest BCUT2D eigenvalue weighted by atomic mass is 35.5. The zero-order valence-corrected chi connectivity index (χ0v) is 22.2. The van der Waals surface area contributed by atoms with E-state index in [9.17, 15) is 17.6 Å². The lowest BCUT2D eigenvalue weighted by atomic mass is 10.2. The van der Waals surface area contributed by atoms with E-state index in [2.05, 4.69) is 5.32 Å². The highest BCUT2D eigenvalue weighted by Crippen LogP contribution is 2.26. The molecule has 10 heteroatoms. The summed E-state index contributed by atoms with van der Waals surface area (Å²) in [5, 5.41) is 3.19. The number of hydrogen-bond donors (Lipinski definition) is 1. The number of nitrogens with one attached hydrogen (secondary N) is 1. The van der Waals surface area contributed by atoms with Crippen LogP contribution in [0.2, 0.25) is 5.02 Å². The average Bonchev–Trinajstić information content (AvgIpc) is 2.86. The third kappa shape index (κ3) is 7.88. The quantitative estimate of drug-likeness (QED) is 0.284. The van der Waals surface area contributed by atoms with Gasteiger partial charge in [-0.05, 0) is 79.3 Å². The molecule has 36 heavy (non-hydrogen) atoms. The van der Waals surface area contributed by atoms with Gasteiger partial charge in [-0.25, -0.2) is 12.8 Å². The Hall–Kier alpha value is -2.75. The molecule has 0 heterocycles. The van der Waals surface area contributed by atoms with Crippen LogP contribution in [-0.4, -0.2) is 39.8 Å². The number of thioether (sulfide) groups is 1. The molecule has 1 N–H and O–H groups in total. The standard InChI is InChI=1S/C26H28ClFN2O4S2/c1-2-34-23-12-10-22(11-13-23)30(36(32,33)24-14-8-21(27)9-15-24)18-26(31)29-16-5-17-35-19-20-6-3-4-7-25(20)28/h3-4,6-15H,2,5,16-19H2,1H3,(H,29,31). The van der Waals surface area contributed by atoms with Gasteiger partial charge < -0.3 is 10.1 Å². The maximum absolute atomic E-state index is 13.7. The summed E-state index contributed by atoms with van der Waals surface area (Å²) in [7, 11) is -4.03. The number of carbonyl (C=O) groups is 1. The van der Waals surface area contributed by atoms with Gasteiger partial charge in [0.2, 0.25) is 5.91 Å². The molecule has 3 aromatic carbocycles. The fraction of sp³-hybridized carbons (Fsp3) is 0.269. The zero-order chi connectivity index (χ0) is 26.0. The van der Waals surface area contributed by atoms with Gasteiger partial charge in [0, 0.05) is 17.3 Å². The first-order chi connectivity index (χ1) is 17.3. The zero-order valence-electron chi connectivity index (χ0n) is 19.8. The molecule has 1 amide bonds. The molecular weight excluding hydrogens is 523 g/mol. The highest BCUT2D eigenvalue weighted by Gasteiger charge is 2.27. The molecule has 0 aromatic heterocycles. The molecule has 0 aliphatic carbocycles. The van der Waals surface area contributed by atoms with Crippen LogP contribution in [0.1, 0.15) is 18.9 Å². The minimum atomic E-state index is -4.03. The summed E-state index contributed by atoms with van der Waals surface area (Å²) in [4.78, 5) is 12.7. The molecule has 0 fully saturated rings. The van der Waals surface area contributed by atoms with E-state index in [1.54, 1.807) is 54.2 Å². The summed E-state index contributed by atoms with van der Waals surface area (Å²) in [6.45, 7) is 2.32. The van der Waals surface area contributed by atoms with E-state index in [0.717, 1.165) is 10.1 Å². The van der Waals surface area contributed by atoms with Crippen molar-refractivity contribution >= 4 is 45.0 Å². The van der Waals surface area contributed by atoms with Crippen molar-refractivity contribution in [2.75, 3.05) is 29.8 Å². The Balaban J connectivity index is 1.61. The van der Waals surface area contributed by atoms with Crippen molar-refractivity contribution in [1.82, 2.24) is 5.32 Å². The van der Waals surface area contributed by atoms with Gasteiger partial charge in [-0.15, -0.1) is 0 Å². The van der Waals surface area contributed by atoms with Crippen molar-refractivity contribution in [3.05, 3.63) is 89.2 Å². The number of hydrogen-bond acceptors (Lipinski definition) is 5. The van der Waals surface area contributed by atoms with Crippen LogP contribution in [0.25, 0.3) is 0 Å². The molecule has 3 aromatic rings. The number of amides is 1. The number of nitrogens with zero attached hydrogens (tertiary/aromatic N) is 1. The lowest BCUT2D eigenvalue weighted by molar-refractivity contribution is -0.119. The second-order valence-electron chi connectivity index (χ2n) is 7.74. The van der Waals surface area contributed by atoms with Crippen LogP contribution in [0.5, 0.6) is 5.75 Å². The van der Waals surface area contributed by atoms with Crippen molar-refractivity contribution in [2.45, 2.75) is 24.0 Å². The summed E-state index contributed by atoms with van der Waals surface area (Å²) >= 11 is 7.49. The van der Waals surface area contributed by atoms with E-state index in [-0.39, 0.29) is 17.3 Å². The molecule has 3 rings (SSSR count). The van der Waals surface area contributed by atoms with Crippen LogP contribution in [0.3, 0.4) is 0 Å². The third-order valence-electron chi connectivity index (χ3n) is 5.13. The second kappa shape index (κ2) is 13.5. The van der Waals surface area contributed by atoms with Crippen molar-refractivity contribution in [2.24, 2.45) is 0 Å². The van der Waals surface area contributed by atoms with E-state index in [0.29, 0.717) is 47.3 Å². The van der Waals surface area contributed by atoms with Crippen LogP contribution in [0, 0.1) is 5.82 Å². The van der Waals surface area contributed by atoms with Crippen LogP contribution in [-0.2, 0) is 20.6 Å². The predicted octanol–water partition coefficient (Wildman–Crippen LogP) is 5.51. The first kappa shape index (κ1) is 27.8. The predicted molar refractivity (Wildman–Crippen MR) is 144 cm³/mol. The van der Waals surface area contributed by atoms with Crippen LogP contribution >= 0.6 is 23.4 Å². The maximum Gasteiger partial charge on any atom is 0.264 e. The van der Waals surface area contributed by atoms with Crippen molar-refractivity contribution in [1.29, 1.82) is 0 Å². The Morgan fingerprint density at radius 2 is 1.75 bits per heavy atom. The molecule has 0 atom stereocenters. The van der Waals surface area contributed by atoms with E-state index in [1.165, 1.54) is 30.3 Å². The van der Waals surface area contributed by atoms with Gasteiger partial charge in [0.1, 0.15) is 18.1 Å². The SMILES string of the molecule is CCOc1ccc(N(CC(=O)NCCCSCc2ccccc2F)S(=O)(=O)c2ccc(Cl)cc2)cc1. The lowest BCUT2D eigenvalue weighted by Gasteiger charge is -2.24. The maximum atomic E-state index is 13.7. The van der Waals surface area contributed by atoms with Gasteiger partial charge in [0.25, 0.3) is 10.0 Å². The van der Waals surface area contributed by atoms with Gasteiger partial charge in [-0.3, -0.25) is 9.10 Å². The number of ether oxygens (including phenoxy) is 1. The molecule has 6 nitrogen and oxygen atoms in total. The lowest BCUT2D eigenvalue weighted by Crippen LogP contribution is -2.41. The van der Waals surface area contributed by atoms with E-state index < -0.39 is 15.9 Å². The summed E-state index contributed by atoms with van der Waals surface area (Å²) < 4.78 is 47.0. The van der Waals surface area contributed by atoms with Crippen LogP contribution in [0.15, 0.2) is 77.7 Å². The molecule has 0 radical (unpaired) electrons. The van der Waals surface area contributed by atoms with Gasteiger partial charge in [-0.2, -0.15) is 11.8 Å². The van der Waals surface area contributed by atoms with Gasteiger partial charge in [0.15, 0.2) is 0 Å². The molecule has 192 valence electrons. The normalized spacial score (nSPS) is 11.2.